The zero-order valence-electron chi connectivity index (χ0n) is 18.4. The standard InChI is InChI=1S/C23H25N7O3/c1-29-20-17(14-24-29)21(32)26-18(25-20)8-5-9-19(31)30-12-10-16(11-13-30)23-28-27-22(33-23)15-6-3-2-4-7-15/h2-4,6-7,14,16H,5,8-13H2,1H3,(H,25,26,32). The van der Waals surface area contributed by atoms with Crippen molar-refractivity contribution >= 4 is 16.9 Å². The second-order valence-electron chi connectivity index (χ2n) is 8.34. The van der Waals surface area contributed by atoms with E-state index in [1.54, 1.807) is 11.7 Å². The highest BCUT2D eigenvalue weighted by atomic mass is 16.4. The SMILES string of the molecule is Cn1ncc2c(=O)[nH]c(CCCC(=O)N3CCC(c4nnc(-c5ccccc5)o4)CC3)nc21. The summed E-state index contributed by atoms with van der Waals surface area (Å²) in [5.74, 6) is 2.03. The van der Waals surface area contributed by atoms with E-state index in [4.69, 9.17) is 4.42 Å². The van der Waals surface area contributed by atoms with E-state index in [9.17, 15) is 9.59 Å². The van der Waals surface area contributed by atoms with E-state index >= 15 is 0 Å². The van der Waals surface area contributed by atoms with Crippen LogP contribution in [0.15, 0.2) is 45.7 Å². The topological polar surface area (TPSA) is 123 Å². The summed E-state index contributed by atoms with van der Waals surface area (Å²) in [7, 11) is 1.75. The molecule has 10 heteroatoms. The Balaban J connectivity index is 1.12. The van der Waals surface area contributed by atoms with E-state index in [1.807, 2.05) is 35.2 Å². The molecule has 0 atom stereocenters. The monoisotopic (exact) mass is 447 g/mol. The first kappa shape index (κ1) is 21.0. The molecule has 0 unspecified atom stereocenters. The third kappa shape index (κ3) is 4.41. The summed E-state index contributed by atoms with van der Waals surface area (Å²) in [5.41, 5.74) is 1.26. The molecule has 5 rings (SSSR count). The number of hydrogen-bond acceptors (Lipinski definition) is 7. The fraction of sp³-hybridized carbons (Fsp3) is 0.391. The molecule has 3 aromatic heterocycles. The number of hydrogen-bond donors (Lipinski definition) is 1. The average Bonchev–Trinajstić information content (AvgIpc) is 3.48. The van der Waals surface area contributed by atoms with Crippen molar-refractivity contribution in [2.45, 2.75) is 38.0 Å². The second kappa shape index (κ2) is 8.97. The summed E-state index contributed by atoms with van der Waals surface area (Å²) in [4.78, 5) is 34.0. The number of aryl methyl sites for hydroxylation is 2. The van der Waals surface area contributed by atoms with E-state index in [0.717, 1.165) is 18.4 Å². The number of piperidine rings is 1. The zero-order valence-corrected chi connectivity index (χ0v) is 18.4. The van der Waals surface area contributed by atoms with E-state index < -0.39 is 0 Å². The molecular formula is C23H25N7O3. The summed E-state index contributed by atoms with van der Waals surface area (Å²) in [6, 6.07) is 9.71. The van der Waals surface area contributed by atoms with Crippen LogP contribution in [0, 0.1) is 0 Å². The zero-order chi connectivity index (χ0) is 22.8. The Morgan fingerprint density at radius 2 is 1.97 bits per heavy atom. The van der Waals surface area contributed by atoms with Gasteiger partial charge in [0.25, 0.3) is 5.56 Å². The fourth-order valence-corrected chi connectivity index (χ4v) is 4.23. The van der Waals surface area contributed by atoms with Crippen LogP contribution in [-0.2, 0) is 18.3 Å². The molecule has 33 heavy (non-hydrogen) atoms. The Labute approximate surface area is 189 Å². The van der Waals surface area contributed by atoms with Gasteiger partial charge in [0, 0.05) is 44.5 Å². The number of likely N-dealkylation sites (tertiary alicyclic amines) is 1. The molecule has 170 valence electrons. The number of nitrogens with one attached hydrogen (secondary N) is 1. The number of amides is 1. The molecule has 0 bridgehead atoms. The van der Waals surface area contributed by atoms with E-state index in [-0.39, 0.29) is 17.4 Å². The van der Waals surface area contributed by atoms with Crippen molar-refractivity contribution in [1.29, 1.82) is 0 Å². The van der Waals surface area contributed by atoms with Gasteiger partial charge < -0.3 is 14.3 Å². The van der Waals surface area contributed by atoms with Gasteiger partial charge in [-0.15, -0.1) is 10.2 Å². The maximum atomic E-state index is 12.7. The van der Waals surface area contributed by atoms with Crippen LogP contribution in [-0.4, -0.2) is 53.8 Å². The van der Waals surface area contributed by atoms with Gasteiger partial charge in [-0.1, -0.05) is 18.2 Å². The average molecular weight is 447 g/mol. The van der Waals surface area contributed by atoms with Gasteiger partial charge in [0.05, 0.1) is 6.20 Å². The summed E-state index contributed by atoms with van der Waals surface area (Å²) < 4.78 is 7.47. The third-order valence-electron chi connectivity index (χ3n) is 6.11. The smallest absolute Gasteiger partial charge is 0.262 e. The molecule has 1 aliphatic heterocycles. The van der Waals surface area contributed by atoms with E-state index in [0.29, 0.717) is 61.0 Å². The first-order valence-corrected chi connectivity index (χ1v) is 11.2. The lowest BCUT2D eigenvalue weighted by Crippen LogP contribution is -2.37. The molecule has 1 aromatic carbocycles. The van der Waals surface area contributed by atoms with Gasteiger partial charge in [-0.3, -0.25) is 14.3 Å². The normalized spacial score (nSPS) is 14.8. The largest absolute Gasteiger partial charge is 0.420 e. The number of aromatic nitrogens is 6. The lowest BCUT2D eigenvalue weighted by atomic mass is 9.96. The number of benzene rings is 1. The highest BCUT2D eigenvalue weighted by molar-refractivity contribution is 5.76. The quantitative estimate of drug-likeness (QED) is 0.481. The van der Waals surface area contributed by atoms with Crippen LogP contribution in [0.4, 0.5) is 0 Å². The highest BCUT2D eigenvalue weighted by Crippen LogP contribution is 2.29. The van der Waals surface area contributed by atoms with Gasteiger partial charge in [0.2, 0.25) is 17.7 Å². The van der Waals surface area contributed by atoms with Gasteiger partial charge in [0.1, 0.15) is 11.2 Å². The number of carbonyl (C=O) groups is 1. The van der Waals surface area contributed by atoms with Crippen LogP contribution in [0.3, 0.4) is 0 Å². The molecule has 0 saturated carbocycles. The Bertz CT molecular complexity index is 1320. The molecule has 1 saturated heterocycles. The predicted octanol–water partition coefficient (Wildman–Crippen LogP) is 2.44. The van der Waals surface area contributed by atoms with Crippen LogP contribution in [0.5, 0.6) is 0 Å². The van der Waals surface area contributed by atoms with Crippen molar-refractivity contribution in [3.05, 3.63) is 58.6 Å². The Kier molecular flexibility index (Phi) is 5.72. The van der Waals surface area contributed by atoms with Crippen LogP contribution < -0.4 is 5.56 Å². The molecule has 10 nitrogen and oxygen atoms in total. The Morgan fingerprint density at radius 3 is 2.76 bits per heavy atom. The summed E-state index contributed by atoms with van der Waals surface area (Å²) in [6.45, 7) is 1.34. The maximum Gasteiger partial charge on any atom is 0.262 e. The fourth-order valence-electron chi connectivity index (χ4n) is 4.23. The number of rotatable bonds is 6. The molecule has 4 aromatic rings. The van der Waals surface area contributed by atoms with Gasteiger partial charge in [0.15, 0.2) is 5.65 Å². The highest BCUT2D eigenvalue weighted by Gasteiger charge is 2.27. The van der Waals surface area contributed by atoms with Crippen molar-refractivity contribution < 1.29 is 9.21 Å². The van der Waals surface area contributed by atoms with Crippen molar-refractivity contribution in [2.75, 3.05) is 13.1 Å². The lowest BCUT2D eigenvalue weighted by Gasteiger charge is -2.30. The minimum absolute atomic E-state index is 0.118. The van der Waals surface area contributed by atoms with Crippen molar-refractivity contribution in [3.63, 3.8) is 0 Å². The molecule has 0 spiro atoms. The molecule has 0 aliphatic carbocycles. The van der Waals surface area contributed by atoms with Crippen LogP contribution in [0.1, 0.15) is 43.3 Å². The first-order valence-electron chi connectivity index (χ1n) is 11.2. The number of carbonyl (C=O) groups excluding carboxylic acids is 1. The van der Waals surface area contributed by atoms with Gasteiger partial charge in [-0.05, 0) is 31.4 Å². The predicted molar refractivity (Wildman–Crippen MR) is 120 cm³/mol. The van der Waals surface area contributed by atoms with Crippen LogP contribution >= 0.6 is 0 Å². The second-order valence-corrected chi connectivity index (χ2v) is 8.34. The van der Waals surface area contributed by atoms with Gasteiger partial charge in [-0.2, -0.15) is 5.10 Å². The summed E-state index contributed by atoms with van der Waals surface area (Å²) in [5, 5.41) is 13.0. The molecule has 1 aliphatic rings. The van der Waals surface area contributed by atoms with E-state index in [2.05, 4.69) is 25.3 Å². The van der Waals surface area contributed by atoms with Crippen molar-refractivity contribution in [3.8, 4) is 11.5 Å². The number of aromatic amines is 1. The molecule has 1 amide bonds. The number of nitrogens with zero attached hydrogens (tertiary/aromatic N) is 6. The van der Waals surface area contributed by atoms with Crippen LogP contribution in [0.2, 0.25) is 0 Å². The minimum Gasteiger partial charge on any atom is -0.420 e. The third-order valence-corrected chi connectivity index (χ3v) is 6.11. The number of H-pyrrole nitrogens is 1. The Morgan fingerprint density at radius 1 is 1.18 bits per heavy atom. The summed E-state index contributed by atoms with van der Waals surface area (Å²) in [6.07, 6.45) is 4.67. The van der Waals surface area contributed by atoms with Gasteiger partial charge in [-0.25, -0.2) is 4.98 Å². The van der Waals surface area contributed by atoms with Gasteiger partial charge >= 0.3 is 0 Å². The Hall–Kier alpha value is -3.82. The molecule has 1 N–H and O–H groups in total. The van der Waals surface area contributed by atoms with Crippen LogP contribution in [0.25, 0.3) is 22.5 Å². The lowest BCUT2D eigenvalue weighted by molar-refractivity contribution is -0.132. The minimum atomic E-state index is -0.201. The number of fused-ring (bicyclic) bond motifs is 1. The van der Waals surface area contributed by atoms with Crippen molar-refractivity contribution in [1.82, 2.24) is 34.8 Å². The first-order chi connectivity index (χ1) is 16.1. The molecule has 0 radical (unpaired) electrons. The van der Waals surface area contributed by atoms with Crippen molar-refractivity contribution in [2.24, 2.45) is 7.05 Å². The molecular weight excluding hydrogens is 422 g/mol. The molecule has 4 heterocycles. The van der Waals surface area contributed by atoms with E-state index in [1.165, 1.54) is 6.20 Å². The summed E-state index contributed by atoms with van der Waals surface area (Å²) >= 11 is 0. The maximum absolute atomic E-state index is 12.7. The molecule has 1 fully saturated rings.